The van der Waals surface area contributed by atoms with E-state index in [1.807, 2.05) is 7.05 Å². The van der Waals surface area contributed by atoms with Gasteiger partial charge in [-0.3, -0.25) is 9.89 Å². The fraction of sp³-hybridized carbons (Fsp3) is 0.750. The molecule has 2 aliphatic rings. The molecular formula is C20H36IN5O. The number of nitrogens with one attached hydrogen (secondary N) is 1. The fourth-order valence-electron chi connectivity index (χ4n) is 4.46. The van der Waals surface area contributed by atoms with E-state index in [1.165, 1.54) is 37.8 Å². The third kappa shape index (κ3) is 5.60. The molecule has 2 heterocycles. The Morgan fingerprint density at radius 3 is 2.56 bits per heavy atom. The van der Waals surface area contributed by atoms with Crippen LogP contribution in [-0.4, -0.2) is 72.8 Å². The topological polar surface area (TPSA) is 45.0 Å². The summed E-state index contributed by atoms with van der Waals surface area (Å²) in [5.41, 5.74) is 1.54. The molecule has 6 nitrogen and oxygen atoms in total. The first-order valence-electron chi connectivity index (χ1n) is 9.99. The summed E-state index contributed by atoms with van der Waals surface area (Å²) in [4.78, 5) is 9.43. The number of ether oxygens (including phenoxy) is 1. The van der Waals surface area contributed by atoms with Crippen molar-refractivity contribution in [2.75, 3.05) is 46.9 Å². The molecular weight excluding hydrogens is 453 g/mol. The van der Waals surface area contributed by atoms with Crippen molar-refractivity contribution in [1.29, 1.82) is 0 Å². The van der Waals surface area contributed by atoms with E-state index in [0.717, 1.165) is 45.4 Å². The van der Waals surface area contributed by atoms with E-state index < -0.39 is 0 Å². The van der Waals surface area contributed by atoms with Crippen molar-refractivity contribution in [2.24, 2.45) is 12.0 Å². The second-order valence-electron chi connectivity index (χ2n) is 7.75. The number of morpholine rings is 1. The van der Waals surface area contributed by atoms with Crippen LogP contribution < -0.4 is 5.32 Å². The van der Waals surface area contributed by atoms with Gasteiger partial charge in [-0.05, 0) is 25.0 Å². The van der Waals surface area contributed by atoms with Crippen molar-refractivity contribution in [2.45, 2.75) is 44.2 Å². The van der Waals surface area contributed by atoms with Gasteiger partial charge in [-0.25, -0.2) is 0 Å². The molecule has 0 spiro atoms. The minimum atomic E-state index is 0. The Bertz CT molecular complexity index is 591. The summed E-state index contributed by atoms with van der Waals surface area (Å²) in [7, 11) is 6.09. The first-order chi connectivity index (χ1) is 12.6. The molecule has 2 fully saturated rings. The summed E-state index contributed by atoms with van der Waals surface area (Å²) in [6.45, 7) is 5.66. The van der Waals surface area contributed by atoms with Crippen LogP contribution in [0.4, 0.5) is 0 Å². The predicted octanol–water partition coefficient (Wildman–Crippen LogP) is 2.69. The molecule has 0 bridgehead atoms. The lowest BCUT2D eigenvalue weighted by Crippen LogP contribution is -2.60. The molecule has 0 amide bonds. The van der Waals surface area contributed by atoms with Crippen molar-refractivity contribution < 1.29 is 4.74 Å². The molecule has 0 unspecified atom stereocenters. The Morgan fingerprint density at radius 1 is 1.26 bits per heavy atom. The maximum Gasteiger partial charge on any atom is 0.193 e. The van der Waals surface area contributed by atoms with Crippen molar-refractivity contribution >= 4 is 29.9 Å². The quantitative estimate of drug-likeness (QED) is 0.393. The van der Waals surface area contributed by atoms with E-state index in [4.69, 9.17) is 4.74 Å². The summed E-state index contributed by atoms with van der Waals surface area (Å²) >= 11 is 0. The Kier molecular flexibility index (Phi) is 8.88. The van der Waals surface area contributed by atoms with Crippen LogP contribution in [0, 0.1) is 0 Å². The lowest BCUT2D eigenvalue weighted by molar-refractivity contribution is -0.0354. The summed E-state index contributed by atoms with van der Waals surface area (Å²) in [5, 5.41) is 3.69. The Balaban J connectivity index is 0.00000261. The highest BCUT2D eigenvalue weighted by Gasteiger charge is 2.38. The molecule has 1 aliphatic carbocycles. The average molecular weight is 489 g/mol. The van der Waals surface area contributed by atoms with Crippen LogP contribution in [0.2, 0.25) is 0 Å². The SMILES string of the molecule is CN=C(NCC1(N2CCOCC2)CCCCC1)N(C)Cc1cccn1C.I. The predicted molar refractivity (Wildman–Crippen MR) is 122 cm³/mol. The van der Waals surface area contributed by atoms with Gasteiger partial charge in [0, 0.05) is 58.2 Å². The molecule has 0 aromatic carbocycles. The van der Waals surface area contributed by atoms with Crippen LogP contribution in [0.5, 0.6) is 0 Å². The molecule has 7 heteroatoms. The third-order valence-electron chi connectivity index (χ3n) is 6.07. The maximum atomic E-state index is 5.59. The van der Waals surface area contributed by atoms with Gasteiger partial charge in [-0.15, -0.1) is 24.0 Å². The van der Waals surface area contributed by atoms with Crippen LogP contribution >= 0.6 is 24.0 Å². The zero-order valence-electron chi connectivity index (χ0n) is 17.1. The molecule has 1 saturated carbocycles. The molecule has 1 saturated heterocycles. The van der Waals surface area contributed by atoms with Gasteiger partial charge in [0.2, 0.25) is 0 Å². The lowest BCUT2D eigenvalue weighted by Gasteiger charge is -2.48. The number of guanidine groups is 1. The molecule has 1 aliphatic heterocycles. The molecule has 0 atom stereocenters. The minimum absolute atomic E-state index is 0. The summed E-state index contributed by atoms with van der Waals surface area (Å²) in [6, 6.07) is 4.26. The highest BCUT2D eigenvalue weighted by molar-refractivity contribution is 14.0. The van der Waals surface area contributed by atoms with Crippen molar-refractivity contribution in [1.82, 2.24) is 19.7 Å². The summed E-state index contributed by atoms with van der Waals surface area (Å²) in [6.07, 6.45) is 8.67. The second-order valence-corrected chi connectivity index (χ2v) is 7.75. The van der Waals surface area contributed by atoms with E-state index >= 15 is 0 Å². The van der Waals surface area contributed by atoms with Crippen LogP contribution in [-0.2, 0) is 18.3 Å². The Morgan fingerprint density at radius 2 is 1.96 bits per heavy atom. The van der Waals surface area contributed by atoms with E-state index in [9.17, 15) is 0 Å². The van der Waals surface area contributed by atoms with Gasteiger partial charge in [0.05, 0.1) is 19.8 Å². The Hall–Kier alpha value is -0.800. The van der Waals surface area contributed by atoms with Crippen LogP contribution in [0.1, 0.15) is 37.8 Å². The van der Waals surface area contributed by atoms with E-state index in [-0.39, 0.29) is 29.5 Å². The van der Waals surface area contributed by atoms with E-state index in [1.54, 1.807) is 0 Å². The van der Waals surface area contributed by atoms with Crippen molar-refractivity contribution in [3.8, 4) is 0 Å². The molecule has 3 rings (SSSR count). The molecule has 1 aromatic rings. The van der Waals surface area contributed by atoms with E-state index in [2.05, 4.69) is 57.1 Å². The van der Waals surface area contributed by atoms with Gasteiger partial charge in [0.25, 0.3) is 0 Å². The second kappa shape index (κ2) is 10.7. The number of hydrogen-bond donors (Lipinski definition) is 1. The smallest absolute Gasteiger partial charge is 0.193 e. The van der Waals surface area contributed by atoms with Crippen molar-refractivity contribution in [3.63, 3.8) is 0 Å². The minimum Gasteiger partial charge on any atom is -0.379 e. The van der Waals surface area contributed by atoms with Crippen molar-refractivity contribution in [3.05, 3.63) is 24.0 Å². The molecule has 1 N–H and O–H groups in total. The summed E-state index contributed by atoms with van der Waals surface area (Å²) < 4.78 is 7.76. The van der Waals surface area contributed by atoms with Crippen LogP contribution in [0.25, 0.3) is 0 Å². The normalized spacial score (nSPS) is 20.8. The Labute approximate surface area is 181 Å². The van der Waals surface area contributed by atoms with Gasteiger partial charge >= 0.3 is 0 Å². The summed E-state index contributed by atoms with van der Waals surface area (Å²) in [5.74, 6) is 0.976. The standard InChI is InChI=1S/C20H35N5O.HI/c1-21-19(24(3)16-18-8-7-11-23(18)2)22-17-20(9-5-4-6-10-20)25-12-14-26-15-13-25;/h7-8,11H,4-6,9-10,12-17H2,1-3H3,(H,21,22);1H. The number of nitrogens with zero attached hydrogens (tertiary/aromatic N) is 4. The van der Waals surface area contributed by atoms with Gasteiger partial charge in [0.1, 0.15) is 0 Å². The number of halogens is 1. The third-order valence-corrected chi connectivity index (χ3v) is 6.07. The molecule has 0 radical (unpaired) electrons. The highest BCUT2D eigenvalue weighted by Crippen LogP contribution is 2.33. The lowest BCUT2D eigenvalue weighted by atomic mass is 9.80. The van der Waals surface area contributed by atoms with E-state index in [0.29, 0.717) is 0 Å². The fourth-order valence-corrected chi connectivity index (χ4v) is 4.46. The highest BCUT2D eigenvalue weighted by atomic mass is 127. The first kappa shape index (κ1) is 22.5. The van der Waals surface area contributed by atoms with Crippen LogP contribution in [0.15, 0.2) is 23.3 Å². The molecule has 27 heavy (non-hydrogen) atoms. The number of rotatable bonds is 5. The average Bonchev–Trinajstić information content (AvgIpc) is 3.08. The number of aliphatic imine (C=N–C) groups is 1. The zero-order chi connectivity index (χ0) is 18.4. The van der Waals surface area contributed by atoms with Gasteiger partial charge in [-0.1, -0.05) is 19.3 Å². The number of hydrogen-bond acceptors (Lipinski definition) is 3. The first-order valence-corrected chi connectivity index (χ1v) is 9.99. The van der Waals surface area contributed by atoms with Gasteiger partial charge < -0.3 is 19.5 Å². The largest absolute Gasteiger partial charge is 0.379 e. The van der Waals surface area contributed by atoms with Crippen LogP contribution in [0.3, 0.4) is 0 Å². The molecule has 1 aromatic heterocycles. The maximum absolute atomic E-state index is 5.59. The van der Waals surface area contributed by atoms with Gasteiger partial charge in [0.15, 0.2) is 5.96 Å². The van der Waals surface area contributed by atoms with Gasteiger partial charge in [-0.2, -0.15) is 0 Å². The monoisotopic (exact) mass is 489 g/mol. The molecule has 154 valence electrons. The number of aryl methyl sites for hydroxylation is 1. The zero-order valence-corrected chi connectivity index (χ0v) is 19.4. The number of aromatic nitrogens is 1.